The van der Waals surface area contributed by atoms with Gasteiger partial charge in [0.15, 0.2) is 5.76 Å². The number of nitrogens with one attached hydrogen (secondary N) is 2. The fourth-order valence-corrected chi connectivity index (χ4v) is 3.33. The highest BCUT2D eigenvalue weighted by molar-refractivity contribution is 6.03. The van der Waals surface area contributed by atoms with Gasteiger partial charge in [-0.2, -0.15) is 0 Å². The van der Waals surface area contributed by atoms with E-state index in [9.17, 15) is 9.59 Å². The lowest BCUT2D eigenvalue weighted by Crippen LogP contribution is -2.51. The molecule has 28 heavy (non-hydrogen) atoms. The molecule has 150 valence electrons. The van der Waals surface area contributed by atoms with Crippen LogP contribution in [-0.2, 0) is 4.74 Å². The number of furan rings is 1. The van der Waals surface area contributed by atoms with E-state index in [1.807, 2.05) is 0 Å². The minimum Gasteiger partial charge on any atom is -0.459 e. The Morgan fingerprint density at radius 2 is 1.89 bits per heavy atom. The van der Waals surface area contributed by atoms with Gasteiger partial charge in [0.1, 0.15) is 0 Å². The predicted octanol–water partition coefficient (Wildman–Crippen LogP) is 2.62. The largest absolute Gasteiger partial charge is 0.459 e. The topological polar surface area (TPSA) is 83.8 Å². The van der Waals surface area contributed by atoms with Crippen molar-refractivity contribution in [1.82, 2.24) is 10.2 Å². The van der Waals surface area contributed by atoms with Crippen LogP contribution in [0.2, 0.25) is 0 Å². The summed E-state index contributed by atoms with van der Waals surface area (Å²) in [7, 11) is 0. The van der Waals surface area contributed by atoms with Gasteiger partial charge in [0.25, 0.3) is 11.8 Å². The summed E-state index contributed by atoms with van der Waals surface area (Å²) >= 11 is 0. The van der Waals surface area contributed by atoms with E-state index in [4.69, 9.17) is 9.15 Å². The Labute approximate surface area is 165 Å². The number of nitrogens with zero attached hydrogens (tertiary/aromatic N) is 1. The number of ether oxygens (including phenoxy) is 1. The van der Waals surface area contributed by atoms with Crippen molar-refractivity contribution in [1.29, 1.82) is 0 Å². The first kappa shape index (κ1) is 20.1. The van der Waals surface area contributed by atoms with Crippen molar-refractivity contribution in [2.45, 2.75) is 19.9 Å². The highest BCUT2D eigenvalue weighted by Gasteiger charge is 2.24. The number of anilines is 1. The minimum absolute atomic E-state index is 0.159. The van der Waals surface area contributed by atoms with Gasteiger partial charge in [-0.15, -0.1) is 0 Å². The Hall–Kier alpha value is -2.64. The zero-order valence-electron chi connectivity index (χ0n) is 16.3. The lowest BCUT2D eigenvalue weighted by Gasteiger charge is -2.36. The van der Waals surface area contributed by atoms with Crippen molar-refractivity contribution in [2.24, 2.45) is 5.92 Å². The molecule has 0 radical (unpaired) electrons. The van der Waals surface area contributed by atoms with Crippen molar-refractivity contribution < 1.29 is 18.7 Å². The Balaban J connectivity index is 1.59. The lowest BCUT2D eigenvalue weighted by atomic mass is 10.0. The third-order valence-electron chi connectivity index (χ3n) is 4.88. The first-order valence-corrected chi connectivity index (χ1v) is 9.59. The van der Waals surface area contributed by atoms with Gasteiger partial charge in [-0.05, 0) is 36.2 Å². The van der Waals surface area contributed by atoms with E-state index in [0.29, 0.717) is 23.7 Å². The first-order valence-electron chi connectivity index (χ1n) is 9.59. The molecule has 1 atom stereocenters. The van der Waals surface area contributed by atoms with Gasteiger partial charge in [0, 0.05) is 36.9 Å². The van der Waals surface area contributed by atoms with Crippen LogP contribution in [0, 0.1) is 5.92 Å². The molecule has 0 bridgehead atoms. The Bertz CT molecular complexity index is 783. The maximum absolute atomic E-state index is 12.6. The van der Waals surface area contributed by atoms with Crippen LogP contribution >= 0.6 is 0 Å². The van der Waals surface area contributed by atoms with Crippen molar-refractivity contribution in [3.63, 3.8) is 0 Å². The molecule has 1 aromatic carbocycles. The van der Waals surface area contributed by atoms with Gasteiger partial charge < -0.3 is 19.8 Å². The predicted molar refractivity (Wildman–Crippen MR) is 106 cm³/mol. The summed E-state index contributed by atoms with van der Waals surface area (Å²) in [5.41, 5.74) is 1.05. The van der Waals surface area contributed by atoms with Crippen LogP contribution in [0.25, 0.3) is 0 Å². The van der Waals surface area contributed by atoms with E-state index in [2.05, 4.69) is 29.4 Å². The van der Waals surface area contributed by atoms with Gasteiger partial charge in [0.05, 0.1) is 19.5 Å². The zero-order valence-corrected chi connectivity index (χ0v) is 16.3. The summed E-state index contributed by atoms with van der Waals surface area (Å²) in [6.07, 6.45) is 1.44. The highest BCUT2D eigenvalue weighted by Crippen LogP contribution is 2.15. The molecule has 0 spiro atoms. The molecule has 2 N–H and O–H groups in total. The van der Waals surface area contributed by atoms with E-state index >= 15 is 0 Å². The number of hydrogen-bond acceptors (Lipinski definition) is 5. The smallest absolute Gasteiger partial charge is 0.291 e. The molecule has 1 aliphatic heterocycles. The van der Waals surface area contributed by atoms with Crippen molar-refractivity contribution in [3.05, 3.63) is 54.0 Å². The average Bonchev–Trinajstić information content (AvgIpc) is 3.24. The van der Waals surface area contributed by atoms with Crippen LogP contribution < -0.4 is 10.6 Å². The number of carbonyl (C=O) groups excluding carboxylic acids is 2. The maximum Gasteiger partial charge on any atom is 0.291 e. The molecular weight excluding hydrogens is 358 g/mol. The standard InChI is InChI=1S/C21H27N3O4/c1-15(2)18(24-8-11-27-12-9-24)14-22-20(25)16-5-3-6-17(13-16)23-21(26)19-7-4-10-28-19/h3-7,10,13,15,18H,8-9,11-12,14H2,1-2H3,(H,22,25)(H,23,26). The molecule has 2 aromatic rings. The third kappa shape index (κ3) is 5.21. The van der Waals surface area contributed by atoms with Crippen LogP contribution in [0.5, 0.6) is 0 Å². The summed E-state index contributed by atoms with van der Waals surface area (Å²) in [5.74, 6) is 0.125. The molecule has 1 unspecified atom stereocenters. The number of carbonyl (C=O) groups is 2. The molecule has 2 heterocycles. The molecule has 2 amide bonds. The minimum atomic E-state index is -0.352. The number of hydrogen-bond donors (Lipinski definition) is 2. The van der Waals surface area contributed by atoms with E-state index in [1.54, 1.807) is 36.4 Å². The van der Waals surface area contributed by atoms with Crippen molar-refractivity contribution >= 4 is 17.5 Å². The summed E-state index contributed by atoms with van der Waals surface area (Å²) < 4.78 is 10.5. The zero-order chi connectivity index (χ0) is 19.9. The highest BCUT2D eigenvalue weighted by atomic mass is 16.5. The second-order valence-electron chi connectivity index (χ2n) is 7.18. The van der Waals surface area contributed by atoms with E-state index < -0.39 is 0 Å². The SMILES string of the molecule is CC(C)C(CNC(=O)c1cccc(NC(=O)c2ccco2)c1)N1CCOCC1. The van der Waals surface area contributed by atoms with Crippen LogP contribution in [-0.4, -0.2) is 55.6 Å². The second kappa shape index (κ2) is 9.52. The van der Waals surface area contributed by atoms with Crippen molar-refractivity contribution in [3.8, 4) is 0 Å². The number of morpholine rings is 1. The van der Waals surface area contributed by atoms with Gasteiger partial charge in [0.2, 0.25) is 0 Å². The van der Waals surface area contributed by atoms with Crippen LogP contribution in [0.1, 0.15) is 34.8 Å². The van der Waals surface area contributed by atoms with Gasteiger partial charge in [-0.3, -0.25) is 14.5 Å². The normalized spacial score (nSPS) is 16.0. The van der Waals surface area contributed by atoms with Crippen LogP contribution in [0.15, 0.2) is 47.1 Å². The molecule has 1 fully saturated rings. The average molecular weight is 385 g/mol. The van der Waals surface area contributed by atoms with Crippen LogP contribution in [0.4, 0.5) is 5.69 Å². The molecule has 1 aliphatic rings. The Morgan fingerprint density at radius 3 is 2.57 bits per heavy atom. The van der Waals surface area contributed by atoms with Gasteiger partial charge >= 0.3 is 0 Å². The van der Waals surface area contributed by atoms with Crippen molar-refractivity contribution in [2.75, 3.05) is 38.2 Å². The fourth-order valence-electron chi connectivity index (χ4n) is 3.33. The molecule has 0 saturated carbocycles. The molecule has 3 rings (SSSR count). The van der Waals surface area contributed by atoms with Crippen LogP contribution in [0.3, 0.4) is 0 Å². The fraction of sp³-hybridized carbons (Fsp3) is 0.429. The van der Waals surface area contributed by atoms with E-state index in [-0.39, 0.29) is 23.6 Å². The number of amides is 2. The van der Waals surface area contributed by atoms with E-state index in [0.717, 1.165) is 26.3 Å². The Morgan fingerprint density at radius 1 is 1.11 bits per heavy atom. The molecule has 1 aromatic heterocycles. The summed E-state index contributed by atoms with van der Waals surface area (Å²) in [6, 6.07) is 10.4. The molecular formula is C21H27N3O4. The summed E-state index contributed by atoms with van der Waals surface area (Å²) in [4.78, 5) is 27.1. The molecule has 0 aliphatic carbocycles. The quantitative estimate of drug-likeness (QED) is 0.765. The van der Waals surface area contributed by atoms with Gasteiger partial charge in [-0.25, -0.2) is 0 Å². The summed E-state index contributed by atoms with van der Waals surface area (Å²) in [6.45, 7) is 8.12. The number of benzene rings is 1. The number of rotatable bonds is 7. The Kier molecular flexibility index (Phi) is 6.84. The van der Waals surface area contributed by atoms with E-state index in [1.165, 1.54) is 6.26 Å². The second-order valence-corrected chi connectivity index (χ2v) is 7.18. The molecule has 1 saturated heterocycles. The first-order chi connectivity index (χ1) is 13.5. The monoisotopic (exact) mass is 385 g/mol. The summed E-state index contributed by atoms with van der Waals surface area (Å²) in [5, 5.41) is 5.77. The molecule has 7 nitrogen and oxygen atoms in total. The third-order valence-corrected chi connectivity index (χ3v) is 4.88. The van der Waals surface area contributed by atoms with Gasteiger partial charge in [-0.1, -0.05) is 19.9 Å². The maximum atomic E-state index is 12.6. The molecule has 7 heteroatoms. The lowest BCUT2D eigenvalue weighted by molar-refractivity contribution is 0.00672.